The van der Waals surface area contributed by atoms with Crippen LogP contribution >= 0.6 is 11.8 Å². The SMILES string of the molecule is C=CCN1C(=O)SC(CC=C)(CC=C)C1=O. The molecule has 4 heteroatoms. The Bertz CT molecular complexity index is 339. The van der Waals surface area contributed by atoms with E-state index in [2.05, 4.69) is 19.7 Å². The quantitative estimate of drug-likeness (QED) is 0.667. The third-order valence-corrected chi connectivity index (χ3v) is 3.69. The van der Waals surface area contributed by atoms with Gasteiger partial charge in [0.1, 0.15) is 4.75 Å². The van der Waals surface area contributed by atoms with Crippen molar-refractivity contribution in [3.63, 3.8) is 0 Å². The van der Waals surface area contributed by atoms with Gasteiger partial charge < -0.3 is 0 Å². The highest BCUT2D eigenvalue weighted by Gasteiger charge is 2.50. The fourth-order valence-corrected chi connectivity index (χ4v) is 2.89. The van der Waals surface area contributed by atoms with Crippen molar-refractivity contribution in [2.24, 2.45) is 0 Å². The Balaban J connectivity index is 3.00. The zero-order valence-electron chi connectivity index (χ0n) is 9.15. The standard InChI is InChI=1S/C12H15NO2S/c1-4-7-12(8-5-2)10(14)13(9-6-3)11(15)16-12/h4-6H,1-3,7-9H2. The molecule has 0 aromatic rings. The van der Waals surface area contributed by atoms with Crippen LogP contribution in [0.25, 0.3) is 0 Å². The van der Waals surface area contributed by atoms with Crippen LogP contribution in [0.15, 0.2) is 38.0 Å². The summed E-state index contributed by atoms with van der Waals surface area (Å²) in [6, 6.07) is 0. The minimum absolute atomic E-state index is 0.165. The number of amides is 2. The molecular formula is C12H15NO2S. The zero-order valence-corrected chi connectivity index (χ0v) is 9.96. The molecule has 1 aliphatic rings. The van der Waals surface area contributed by atoms with Gasteiger partial charge in [-0.15, -0.1) is 19.7 Å². The van der Waals surface area contributed by atoms with Crippen LogP contribution in [0.5, 0.6) is 0 Å². The summed E-state index contributed by atoms with van der Waals surface area (Å²) in [7, 11) is 0. The van der Waals surface area contributed by atoms with Crippen molar-refractivity contribution in [1.82, 2.24) is 4.90 Å². The van der Waals surface area contributed by atoms with Crippen molar-refractivity contribution >= 4 is 22.9 Å². The van der Waals surface area contributed by atoms with Crippen molar-refractivity contribution in [2.45, 2.75) is 17.6 Å². The molecule has 0 radical (unpaired) electrons. The second kappa shape index (κ2) is 5.16. The maximum Gasteiger partial charge on any atom is 0.289 e. The van der Waals surface area contributed by atoms with Crippen LogP contribution in [0.4, 0.5) is 4.79 Å². The van der Waals surface area contributed by atoms with Gasteiger partial charge in [0.05, 0.1) is 0 Å². The summed E-state index contributed by atoms with van der Waals surface area (Å²) in [6.07, 6.45) is 5.83. The summed E-state index contributed by atoms with van der Waals surface area (Å²) >= 11 is 1.07. The average molecular weight is 237 g/mol. The second-order valence-corrected chi connectivity index (χ2v) is 4.89. The second-order valence-electron chi connectivity index (χ2n) is 3.55. The van der Waals surface area contributed by atoms with Crippen molar-refractivity contribution in [3.05, 3.63) is 38.0 Å². The first kappa shape index (κ1) is 12.8. The lowest BCUT2D eigenvalue weighted by Crippen LogP contribution is -2.39. The molecule has 0 atom stereocenters. The summed E-state index contributed by atoms with van der Waals surface area (Å²) < 4.78 is -0.733. The fraction of sp³-hybridized carbons (Fsp3) is 0.333. The van der Waals surface area contributed by atoms with Crippen molar-refractivity contribution in [2.75, 3.05) is 6.54 Å². The van der Waals surface area contributed by atoms with E-state index >= 15 is 0 Å². The maximum atomic E-state index is 12.1. The highest BCUT2D eigenvalue weighted by atomic mass is 32.2. The monoisotopic (exact) mass is 237 g/mol. The summed E-state index contributed by atoms with van der Waals surface area (Å²) in [5.41, 5.74) is 0. The van der Waals surface area contributed by atoms with Gasteiger partial charge in [-0.2, -0.15) is 0 Å². The van der Waals surface area contributed by atoms with Crippen molar-refractivity contribution in [3.8, 4) is 0 Å². The van der Waals surface area contributed by atoms with Crippen LogP contribution in [0.2, 0.25) is 0 Å². The fourth-order valence-electron chi connectivity index (χ4n) is 1.69. The molecule has 1 rings (SSSR count). The molecular weight excluding hydrogens is 222 g/mol. The van der Waals surface area contributed by atoms with E-state index in [1.165, 1.54) is 4.90 Å². The van der Waals surface area contributed by atoms with Gasteiger partial charge in [0, 0.05) is 6.54 Å². The lowest BCUT2D eigenvalue weighted by Gasteiger charge is -2.22. The van der Waals surface area contributed by atoms with E-state index in [4.69, 9.17) is 0 Å². The Hall–Kier alpha value is -1.29. The number of rotatable bonds is 6. The molecule has 0 aliphatic carbocycles. The van der Waals surface area contributed by atoms with Gasteiger partial charge >= 0.3 is 0 Å². The number of allylic oxidation sites excluding steroid dienone is 2. The molecule has 0 spiro atoms. The molecule has 1 aliphatic heterocycles. The Morgan fingerprint density at radius 2 is 1.69 bits per heavy atom. The third kappa shape index (κ3) is 2.11. The number of imide groups is 1. The van der Waals surface area contributed by atoms with Crippen LogP contribution in [0, 0.1) is 0 Å². The predicted molar refractivity (Wildman–Crippen MR) is 67.3 cm³/mol. The number of thioether (sulfide) groups is 1. The summed E-state index contributed by atoms with van der Waals surface area (Å²) in [5.74, 6) is -0.165. The van der Waals surface area contributed by atoms with Gasteiger partial charge in [-0.25, -0.2) is 0 Å². The Labute approximate surface area is 99.9 Å². The zero-order chi connectivity index (χ0) is 12.2. The number of hydrogen-bond donors (Lipinski definition) is 0. The van der Waals surface area contributed by atoms with E-state index in [0.717, 1.165) is 11.8 Å². The molecule has 0 unspecified atom stereocenters. The number of nitrogens with zero attached hydrogens (tertiary/aromatic N) is 1. The number of carbonyl (C=O) groups is 2. The van der Waals surface area contributed by atoms with Crippen LogP contribution in [0.1, 0.15) is 12.8 Å². The average Bonchev–Trinajstić information content (AvgIpc) is 2.45. The van der Waals surface area contributed by atoms with Crippen LogP contribution in [-0.4, -0.2) is 27.3 Å². The van der Waals surface area contributed by atoms with E-state index < -0.39 is 4.75 Å². The topological polar surface area (TPSA) is 37.4 Å². The molecule has 0 N–H and O–H groups in total. The summed E-state index contributed by atoms with van der Waals surface area (Å²) in [6.45, 7) is 11.1. The molecule has 0 aromatic carbocycles. The first-order chi connectivity index (χ1) is 7.61. The van der Waals surface area contributed by atoms with Crippen LogP contribution in [0.3, 0.4) is 0 Å². The van der Waals surface area contributed by atoms with Crippen molar-refractivity contribution in [1.29, 1.82) is 0 Å². The molecule has 1 fully saturated rings. The lowest BCUT2D eigenvalue weighted by molar-refractivity contribution is -0.129. The molecule has 2 amide bonds. The Morgan fingerprint density at radius 3 is 2.12 bits per heavy atom. The third-order valence-electron chi connectivity index (χ3n) is 2.40. The van der Waals surface area contributed by atoms with E-state index in [-0.39, 0.29) is 17.7 Å². The molecule has 3 nitrogen and oxygen atoms in total. The number of hydrogen-bond acceptors (Lipinski definition) is 3. The van der Waals surface area contributed by atoms with Gasteiger partial charge in [-0.05, 0) is 24.6 Å². The molecule has 86 valence electrons. The molecule has 0 bridgehead atoms. The van der Waals surface area contributed by atoms with Gasteiger partial charge in [-0.1, -0.05) is 18.2 Å². The molecule has 0 saturated carbocycles. The summed E-state index contributed by atoms with van der Waals surface area (Å²) in [4.78, 5) is 25.1. The molecule has 1 saturated heterocycles. The minimum Gasteiger partial charge on any atom is -0.273 e. The Morgan fingerprint density at radius 1 is 1.12 bits per heavy atom. The largest absolute Gasteiger partial charge is 0.289 e. The van der Waals surface area contributed by atoms with E-state index in [0.29, 0.717) is 12.8 Å². The predicted octanol–water partition coefficient (Wildman–Crippen LogP) is 2.76. The molecule has 1 heterocycles. The van der Waals surface area contributed by atoms with E-state index in [1.807, 2.05) is 0 Å². The summed E-state index contributed by atoms with van der Waals surface area (Å²) in [5, 5.41) is -0.214. The van der Waals surface area contributed by atoms with Gasteiger partial charge in [0.15, 0.2) is 0 Å². The first-order valence-corrected chi connectivity index (χ1v) is 5.80. The van der Waals surface area contributed by atoms with E-state index in [9.17, 15) is 9.59 Å². The maximum absolute atomic E-state index is 12.1. The normalized spacial score (nSPS) is 18.6. The van der Waals surface area contributed by atoms with Gasteiger partial charge in [0.2, 0.25) is 5.91 Å². The Kier molecular flexibility index (Phi) is 4.12. The van der Waals surface area contributed by atoms with Crippen LogP contribution < -0.4 is 0 Å². The van der Waals surface area contributed by atoms with Gasteiger partial charge in [-0.3, -0.25) is 14.5 Å². The van der Waals surface area contributed by atoms with E-state index in [1.54, 1.807) is 18.2 Å². The van der Waals surface area contributed by atoms with Crippen molar-refractivity contribution < 1.29 is 9.59 Å². The smallest absolute Gasteiger partial charge is 0.273 e. The minimum atomic E-state index is -0.733. The highest BCUT2D eigenvalue weighted by molar-refractivity contribution is 8.16. The van der Waals surface area contributed by atoms with Gasteiger partial charge in [0.25, 0.3) is 5.24 Å². The first-order valence-electron chi connectivity index (χ1n) is 4.99. The molecule has 16 heavy (non-hydrogen) atoms. The molecule has 0 aromatic heterocycles. The lowest BCUT2D eigenvalue weighted by atomic mass is 9.98. The van der Waals surface area contributed by atoms with Crippen LogP contribution in [-0.2, 0) is 4.79 Å². The highest BCUT2D eigenvalue weighted by Crippen LogP contribution is 2.43. The number of carbonyl (C=O) groups excluding carboxylic acids is 2.